The number of carbonyl (C=O) groups excluding carboxylic acids is 1. The molecule has 0 radical (unpaired) electrons. The molecule has 7 nitrogen and oxygen atoms in total. The van der Waals surface area contributed by atoms with Gasteiger partial charge in [-0.1, -0.05) is 17.7 Å². The number of hydrogen-bond acceptors (Lipinski definition) is 6. The molecule has 0 aromatic heterocycles. The quantitative estimate of drug-likeness (QED) is 0.372. The van der Waals surface area contributed by atoms with Crippen LogP contribution in [0.2, 0.25) is 5.02 Å². The molecule has 1 aliphatic rings. The average Bonchev–Trinajstić information content (AvgIpc) is 3.10. The summed E-state index contributed by atoms with van der Waals surface area (Å²) in [5, 5.41) is 13.3. The first-order valence-corrected chi connectivity index (χ1v) is 12.3. The van der Waals surface area contributed by atoms with Gasteiger partial charge in [0.15, 0.2) is 11.5 Å². The van der Waals surface area contributed by atoms with Crippen molar-refractivity contribution >= 4 is 23.2 Å². The zero-order valence-corrected chi connectivity index (χ0v) is 21.0. The summed E-state index contributed by atoms with van der Waals surface area (Å²) in [6.07, 6.45) is 2.30. The number of amides is 1. The highest BCUT2D eigenvalue weighted by atomic mass is 35.5. The monoisotopic (exact) mass is 489 g/mol. The third kappa shape index (κ3) is 6.56. The largest absolute Gasteiger partial charge is 0.490 e. The van der Waals surface area contributed by atoms with E-state index in [0.717, 1.165) is 29.7 Å². The van der Waals surface area contributed by atoms with Crippen LogP contribution in [0, 0.1) is 0 Å². The molecule has 1 unspecified atom stereocenters. The molecule has 1 aliphatic heterocycles. The molecule has 0 bridgehead atoms. The van der Waals surface area contributed by atoms with Gasteiger partial charge in [0.05, 0.1) is 17.9 Å². The van der Waals surface area contributed by atoms with Crippen LogP contribution in [0.25, 0.3) is 0 Å². The number of benzene rings is 2. The second-order valence-electron chi connectivity index (χ2n) is 8.77. The molecule has 0 fully saturated rings. The predicted molar refractivity (Wildman–Crippen MR) is 136 cm³/mol. The summed E-state index contributed by atoms with van der Waals surface area (Å²) in [6.45, 7) is 8.70. The molecule has 0 saturated carbocycles. The SMILES string of the molecule is CCOc1cc(Cl)ccc1OCCN[C@H](C)Cc1cc2c(c(C(N)=O)c1)N(CCCO)C(C)C2. The number of ether oxygens (including phenoxy) is 2. The van der Waals surface area contributed by atoms with Gasteiger partial charge in [0.25, 0.3) is 5.91 Å². The van der Waals surface area contributed by atoms with E-state index >= 15 is 0 Å². The van der Waals surface area contributed by atoms with Crippen LogP contribution >= 0.6 is 11.6 Å². The molecule has 4 N–H and O–H groups in total. The van der Waals surface area contributed by atoms with Gasteiger partial charge in [0, 0.05) is 42.9 Å². The van der Waals surface area contributed by atoms with Gasteiger partial charge in [-0.3, -0.25) is 4.79 Å². The normalized spacial score (nSPS) is 15.8. The van der Waals surface area contributed by atoms with E-state index in [2.05, 4.69) is 30.1 Å². The minimum atomic E-state index is -0.414. The molecule has 8 heteroatoms. The maximum absolute atomic E-state index is 12.3. The van der Waals surface area contributed by atoms with E-state index in [1.54, 1.807) is 12.1 Å². The van der Waals surface area contributed by atoms with Gasteiger partial charge < -0.3 is 30.5 Å². The number of nitrogens with two attached hydrogens (primary N) is 1. The Morgan fingerprint density at radius 1 is 1.29 bits per heavy atom. The van der Waals surface area contributed by atoms with Crippen molar-refractivity contribution in [2.24, 2.45) is 5.73 Å². The van der Waals surface area contributed by atoms with Crippen LogP contribution in [0.3, 0.4) is 0 Å². The van der Waals surface area contributed by atoms with Crippen molar-refractivity contribution in [2.75, 3.05) is 37.8 Å². The van der Waals surface area contributed by atoms with Crippen molar-refractivity contribution in [1.29, 1.82) is 0 Å². The lowest BCUT2D eigenvalue weighted by Crippen LogP contribution is -2.33. The minimum Gasteiger partial charge on any atom is -0.490 e. The highest BCUT2D eigenvalue weighted by molar-refractivity contribution is 6.30. The predicted octanol–water partition coefficient (Wildman–Crippen LogP) is 3.57. The number of rotatable bonds is 13. The number of carbonyl (C=O) groups is 1. The molecule has 2 aromatic carbocycles. The number of fused-ring (bicyclic) bond motifs is 1. The maximum atomic E-state index is 12.3. The van der Waals surface area contributed by atoms with Crippen LogP contribution in [0.5, 0.6) is 11.5 Å². The number of aliphatic hydroxyl groups excluding tert-OH is 1. The first kappa shape index (κ1) is 26.1. The molecular weight excluding hydrogens is 454 g/mol. The van der Waals surface area contributed by atoms with E-state index < -0.39 is 5.91 Å². The molecule has 186 valence electrons. The van der Waals surface area contributed by atoms with Gasteiger partial charge in [-0.05, 0) is 69.4 Å². The number of halogens is 1. The van der Waals surface area contributed by atoms with Gasteiger partial charge in [-0.25, -0.2) is 0 Å². The Balaban J connectivity index is 1.59. The molecule has 2 atom stereocenters. The molecule has 0 spiro atoms. The Hall–Kier alpha value is -2.48. The van der Waals surface area contributed by atoms with Gasteiger partial charge >= 0.3 is 0 Å². The lowest BCUT2D eigenvalue weighted by molar-refractivity contribution is 0.100. The van der Waals surface area contributed by atoms with E-state index in [0.29, 0.717) is 54.8 Å². The summed E-state index contributed by atoms with van der Waals surface area (Å²) >= 11 is 6.05. The second kappa shape index (κ2) is 12.3. The van der Waals surface area contributed by atoms with Crippen LogP contribution in [-0.4, -0.2) is 56.0 Å². The fraction of sp³-hybridized carbons (Fsp3) is 0.500. The fourth-order valence-corrected chi connectivity index (χ4v) is 4.71. The second-order valence-corrected chi connectivity index (χ2v) is 9.21. The number of aliphatic hydroxyl groups is 1. The summed E-state index contributed by atoms with van der Waals surface area (Å²) in [4.78, 5) is 14.5. The molecular formula is C26H36ClN3O4. The van der Waals surface area contributed by atoms with Crippen molar-refractivity contribution in [2.45, 2.75) is 52.1 Å². The number of nitrogens with one attached hydrogen (secondary N) is 1. The highest BCUT2D eigenvalue weighted by Gasteiger charge is 2.30. The van der Waals surface area contributed by atoms with Crippen LogP contribution in [0.1, 0.15) is 48.7 Å². The maximum Gasteiger partial charge on any atom is 0.250 e. The third-order valence-electron chi connectivity index (χ3n) is 6.01. The minimum absolute atomic E-state index is 0.125. The molecule has 34 heavy (non-hydrogen) atoms. The average molecular weight is 490 g/mol. The van der Waals surface area contributed by atoms with E-state index in [9.17, 15) is 9.90 Å². The molecule has 3 rings (SSSR count). The van der Waals surface area contributed by atoms with E-state index in [4.69, 9.17) is 26.8 Å². The fourth-order valence-electron chi connectivity index (χ4n) is 4.54. The van der Waals surface area contributed by atoms with Crippen molar-refractivity contribution in [3.8, 4) is 11.5 Å². The molecule has 1 heterocycles. The van der Waals surface area contributed by atoms with Gasteiger partial charge in [-0.2, -0.15) is 0 Å². The molecule has 1 amide bonds. The Morgan fingerprint density at radius 2 is 2.09 bits per heavy atom. The molecule has 0 aliphatic carbocycles. The standard InChI is InChI=1S/C26H36ClN3O4/c1-4-33-24-16-21(27)6-7-23(24)34-11-8-29-17(2)12-19-14-20-13-18(3)30(9-5-10-31)25(20)22(15-19)26(28)32/h6-7,14-18,29,31H,4-5,8-13H2,1-3H3,(H2,28,32)/t17-,18?/m1/s1. The molecule has 0 saturated heterocycles. The number of primary amides is 1. The first-order chi connectivity index (χ1) is 16.3. The van der Waals surface area contributed by atoms with Crippen molar-refractivity contribution in [3.05, 3.63) is 52.0 Å². The Kier molecular flexibility index (Phi) is 9.45. The summed E-state index contributed by atoms with van der Waals surface area (Å²) in [6, 6.07) is 9.92. The topological polar surface area (TPSA) is 97.1 Å². The van der Waals surface area contributed by atoms with Crippen molar-refractivity contribution in [1.82, 2.24) is 5.32 Å². The Morgan fingerprint density at radius 3 is 2.79 bits per heavy atom. The van der Waals surface area contributed by atoms with Gasteiger partial charge in [-0.15, -0.1) is 0 Å². The Labute approximate surface area is 207 Å². The number of nitrogens with zero attached hydrogens (tertiary/aromatic N) is 1. The summed E-state index contributed by atoms with van der Waals surface area (Å²) in [5.74, 6) is 0.899. The van der Waals surface area contributed by atoms with Crippen LogP contribution < -0.4 is 25.4 Å². The number of anilines is 1. The highest BCUT2D eigenvalue weighted by Crippen LogP contribution is 2.37. The smallest absolute Gasteiger partial charge is 0.250 e. The van der Waals surface area contributed by atoms with E-state index in [-0.39, 0.29) is 18.7 Å². The lowest BCUT2D eigenvalue weighted by Gasteiger charge is -2.26. The summed E-state index contributed by atoms with van der Waals surface area (Å²) < 4.78 is 11.5. The summed E-state index contributed by atoms with van der Waals surface area (Å²) in [7, 11) is 0. The summed E-state index contributed by atoms with van der Waals surface area (Å²) in [5.41, 5.74) is 9.49. The van der Waals surface area contributed by atoms with Crippen LogP contribution in [0.15, 0.2) is 30.3 Å². The van der Waals surface area contributed by atoms with E-state index in [1.165, 1.54) is 0 Å². The zero-order chi connectivity index (χ0) is 24.7. The molecule has 2 aromatic rings. The van der Waals surface area contributed by atoms with Crippen LogP contribution in [-0.2, 0) is 12.8 Å². The first-order valence-electron chi connectivity index (χ1n) is 12.0. The third-order valence-corrected chi connectivity index (χ3v) is 6.24. The zero-order valence-electron chi connectivity index (χ0n) is 20.3. The van der Waals surface area contributed by atoms with Gasteiger partial charge in [0.2, 0.25) is 0 Å². The van der Waals surface area contributed by atoms with Crippen LogP contribution in [0.4, 0.5) is 5.69 Å². The van der Waals surface area contributed by atoms with Crippen molar-refractivity contribution in [3.63, 3.8) is 0 Å². The van der Waals surface area contributed by atoms with Crippen molar-refractivity contribution < 1.29 is 19.4 Å². The number of hydrogen-bond donors (Lipinski definition) is 3. The van der Waals surface area contributed by atoms with Gasteiger partial charge in [0.1, 0.15) is 6.61 Å². The Bertz CT molecular complexity index is 985. The lowest BCUT2D eigenvalue weighted by atomic mass is 9.97. The van der Waals surface area contributed by atoms with E-state index in [1.807, 2.05) is 19.1 Å².